The minimum Gasteiger partial charge on any atom is -0.352 e. The van der Waals surface area contributed by atoms with Gasteiger partial charge in [0.05, 0.1) is 0 Å². The van der Waals surface area contributed by atoms with Crippen LogP contribution < -0.4 is 10.6 Å². The quantitative estimate of drug-likeness (QED) is 0.724. The highest BCUT2D eigenvalue weighted by Crippen LogP contribution is 2.04. The van der Waals surface area contributed by atoms with Gasteiger partial charge in [-0.3, -0.25) is 9.78 Å². The normalized spacial score (nSPS) is 10.7. The molecule has 0 saturated heterocycles. The van der Waals surface area contributed by atoms with Crippen LogP contribution in [0.4, 0.5) is 0 Å². The zero-order chi connectivity index (χ0) is 13.4. The van der Waals surface area contributed by atoms with Crippen molar-refractivity contribution in [2.75, 3.05) is 6.54 Å². The van der Waals surface area contributed by atoms with E-state index in [0.717, 1.165) is 24.1 Å². The topological polar surface area (TPSA) is 54.0 Å². The Labute approximate surface area is 109 Å². The van der Waals surface area contributed by atoms with Crippen molar-refractivity contribution < 1.29 is 4.79 Å². The molecule has 0 spiro atoms. The lowest BCUT2D eigenvalue weighted by molar-refractivity contribution is -0.121. The summed E-state index contributed by atoms with van der Waals surface area (Å²) in [4.78, 5) is 15.7. The van der Waals surface area contributed by atoms with Crippen molar-refractivity contribution in [3.05, 3.63) is 29.6 Å². The minimum atomic E-state index is 0.101. The van der Waals surface area contributed by atoms with Crippen LogP contribution in [0.3, 0.4) is 0 Å². The van der Waals surface area contributed by atoms with E-state index in [1.807, 2.05) is 13.0 Å². The van der Waals surface area contributed by atoms with Crippen molar-refractivity contribution in [3.63, 3.8) is 0 Å². The molecule has 1 heterocycles. The highest BCUT2D eigenvalue weighted by atomic mass is 16.1. The van der Waals surface area contributed by atoms with Crippen molar-refractivity contribution in [2.24, 2.45) is 0 Å². The minimum absolute atomic E-state index is 0.101. The lowest BCUT2D eigenvalue weighted by atomic mass is 10.1. The van der Waals surface area contributed by atoms with Gasteiger partial charge < -0.3 is 10.6 Å². The van der Waals surface area contributed by atoms with Crippen LogP contribution in [0.25, 0.3) is 0 Å². The predicted molar refractivity (Wildman–Crippen MR) is 73.2 cm³/mol. The molecule has 0 saturated carbocycles. The SMILES string of the molecule is Cc1ccncc1CNC(=O)CCCNC(C)C. The number of carbonyl (C=O) groups is 1. The van der Waals surface area contributed by atoms with Crippen LogP contribution in [0.1, 0.15) is 37.8 Å². The maximum absolute atomic E-state index is 11.6. The van der Waals surface area contributed by atoms with E-state index < -0.39 is 0 Å². The summed E-state index contributed by atoms with van der Waals surface area (Å²) in [7, 11) is 0. The molecule has 0 aliphatic rings. The fourth-order valence-corrected chi connectivity index (χ4v) is 1.60. The highest BCUT2D eigenvalue weighted by molar-refractivity contribution is 5.75. The number of hydrogen-bond acceptors (Lipinski definition) is 3. The van der Waals surface area contributed by atoms with Gasteiger partial charge in [0.15, 0.2) is 0 Å². The van der Waals surface area contributed by atoms with Crippen molar-refractivity contribution >= 4 is 5.91 Å². The molecule has 100 valence electrons. The van der Waals surface area contributed by atoms with E-state index in [1.54, 1.807) is 12.4 Å². The molecule has 18 heavy (non-hydrogen) atoms. The zero-order valence-electron chi connectivity index (χ0n) is 11.5. The molecule has 1 amide bonds. The third kappa shape index (κ3) is 5.77. The van der Waals surface area contributed by atoms with Gasteiger partial charge >= 0.3 is 0 Å². The molecular formula is C14H23N3O. The molecule has 1 aromatic rings. The second-order valence-electron chi connectivity index (χ2n) is 4.79. The summed E-state index contributed by atoms with van der Waals surface area (Å²) in [5.74, 6) is 0.101. The number of aryl methyl sites for hydroxylation is 1. The summed E-state index contributed by atoms with van der Waals surface area (Å²) in [6.45, 7) is 7.68. The smallest absolute Gasteiger partial charge is 0.220 e. The van der Waals surface area contributed by atoms with Crippen LogP contribution in [0.15, 0.2) is 18.5 Å². The molecule has 0 atom stereocenters. The Balaban J connectivity index is 2.19. The Hall–Kier alpha value is -1.42. The highest BCUT2D eigenvalue weighted by Gasteiger charge is 2.03. The van der Waals surface area contributed by atoms with Gasteiger partial charge in [-0.1, -0.05) is 13.8 Å². The van der Waals surface area contributed by atoms with Crippen LogP contribution >= 0.6 is 0 Å². The molecule has 0 unspecified atom stereocenters. The fraction of sp³-hybridized carbons (Fsp3) is 0.571. The molecular weight excluding hydrogens is 226 g/mol. The van der Waals surface area contributed by atoms with Crippen LogP contribution in [0, 0.1) is 6.92 Å². The summed E-state index contributed by atoms with van der Waals surface area (Å²) in [5.41, 5.74) is 2.23. The van der Waals surface area contributed by atoms with E-state index in [9.17, 15) is 4.79 Å². The first-order valence-corrected chi connectivity index (χ1v) is 6.49. The van der Waals surface area contributed by atoms with Gasteiger partial charge in [-0.05, 0) is 37.1 Å². The van der Waals surface area contributed by atoms with E-state index in [-0.39, 0.29) is 5.91 Å². The Morgan fingerprint density at radius 2 is 2.22 bits per heavy atom. The second-order valence-corrected chi connectivity index (χ2v) is 4.79. The van der Waals surface area contributed by atoms with Gasteiger partial charge in [0, 0.05) is 31.4 Å². The lowest BCUT2D eigenvalue weighted by Crippen LogP contribution is -2.27. The largest absolute Gasteiger partial charge is 0.352 e. The van der Waals surface area contributed by atoms with Crippen molar-refractivity contribution in [2.45, 2.75) is 46.2 Å². The Kier molecular flexibility index (Phi) is 6.36. The molecule has 1 rings (SSSR count). The second kappa shape index (κ2) is 7.82. The number of rotatable bonds is 7. The van der Waals surface area contributed by atoms with Gasteiger partial charge in [0.2, 0.25) is 5.91 Å². The van der Waals surface area contributed by atoms with Gasteiger partial charge in [0.1, 0.15) is 0 Å². The van der Waals surface area contributed by atoms with Crippen LogP contribution in [0.5, 0.6) is 0 Å². The van der Waals surface area contributed by atoms with Gasteiger partial charge in [-0.15, -0.1) is 0 Å². The average molecular weight is 249 g/mol. The third-order valence-electron chi connectivity index (χ3n) is 2.76. The molecule has 2 N–H and O–H groups in total. The summed E-state index contributed by atoms with van der Waals surface area (Å²) in [6, 6.07) is 2.43. The van der Waals surface area contributed by atoms with Crippen molar-refractivity contribution in [1.29, 1.82) is 0 Å². The van der Waals surface area contributed by atoms with E-state index in [2.05, 4.69) is 29.5 Å². The Morgan fingerprint density at radius 3 is 2.89 bits per heavy atom. The van der Waals surface area contributed by atoms with Crippen LogP contribution in [-0.2, 0) is 11.3 Å². The molecule has 0 aromatic carbocycles. The summed E-state index contributed by atoms with van der Waals surface area (Å²) in [6.07, 6.45) is 5.00. The fourth-order valence-electron chi connectivity index (χ4n) is 1.60. The first kappa shape index (κ1) is 14.6. The number of nitrogens with zero attached hydrogens (tertiary/aromatic N) is 1. The van der Waals surface area contributed by atoms with E-state index in [1.165, 1.54) is 0 Å². The Morgan fingerprint density at radius 1 is 1.44 bits per heavy atom. The first-order valence-electron chi connectivity index (χ1n) is 6.49. The summed E-state index contributed by atoms with van der Waals surface area (Å²) < 4.78 is 0. The molecule has 4 nitrogen and oxygen atoms in total. The van der Waals surface area contributed by atoms with Crippen LogP contribution in [0.2, 0.25) is 0 Å². The van der Waals surface area contributed by atoms with Gasteiger partial charge in [-0.25, -0.2) is 0 Å². The molecule has 0 fully saturated rings. The third-order valence-corrected chi connectivity index (χ3v) is 2.76. The maximum Gasteiger partial charge on any atom is 0.220 e. The zero-order valence-corrected chi connectivity index (χ0v) is 11.5. The molecule has 0 radical (unpaired) electrons. The monoisotopic (exact) mass is 249 g/mol. The van der Waals surface area contributed by atoms with E-state index in [0.29, 0.717) is 19.0 Å². The summed E-state index contributed by atoms with van der Waals surface area (Å²) in [5, 5.41) is 6.21. The van der Waals surface area contributed by atoms with Crippen molar-refractivity contribution in [1.82, 2.24) is 15.6 Å². The molecule has 0 aliphatic carbocycles. The maximum atomic E-state index is 11.6. The number of nitrogens with one attached hydrogen (secondary N) is 2. The number of aromatic nitrogens is 1. The van der Waals surface area contributed by atoms with E-state index >= 15 is 0 Å². The molecule has 4 heteroatoms. The number of hydrogen-bond donors (Lipinski definition) is 2. The molecule has 0 aliphatic heterocycles. The van der Waals surface area contributed by atoms with Crippen molar-refractivity contribution in [3.8, 4) is 0 Å². The van der Waals surface area contributed by atoms with E-state index in [4.69, 9.17) is 0 Å². The van der Waals surface area contributed by atoms with Gasteiger partial charge in [-0.2, -0.15) is 0 Å². The van der Waals surface area contributed by atoms with Gasteiger partial charge in [0.25, 0.3) is 0 Å². The summed E-state index contributed by atoms with van der Waals surface area (Å²) >= 11 is 0. The number of pyridine rings is 1. The Bertz CT molecular complexity index is 377. The number of amides is 1. The van der Waals surface area contributed by atoms with Crippen LogP contribution in [-0.4, -0.2) is 23.5 Å². The molecule has 1 aromatic heterocycles. The number of carbonyl (C=O) groups excluding carboxylic acids is 1. The molecule has 0 bridgehead atoms. The standard InChI is InChI=1S/C14H23N3O/c1-11(2)16-7-4-5-14(18)17-10-13-9-15-8-6-12(13)3/h6,8-9,11,16H,4-5,7,10H2,1-3H3,(H,17,18). The first-order chi connectivity index (χ1) is 8.59. The predicted octanol–water partition coefficient (Wildman–Crippen LogP) is 1.78. The lowest BCUT2D eigenvalue weighted by Gasteiger charge is -2.09. The average Bonchev–Trinajstić information content (AvgIpc) is 2.33.